The first-order valence-corrected chi connectivity index (χ1v) is 12.1. The molecule has 3 aromatic rings. The lowest BCUT2D eigenvalue weighted by Crippen LogP contribution is -2.38. The molecule has 3 atom stereocenters. The molecule has 1 fully saturated rings. The number of carbonyl (C=O) groups is 4. The number of urea groups is 1. The number of carboxylic acid groups (broad SMARTS) is 2. The molecule has 200 valence electrons. The van der Waals surface area contributed by atoms with Crippen molar-refractivity contribution >= 4 is 34.8 Å². The lowest BCUT2D eigenvalue weighted by Gasteiger charge is -2.29. The van der Waals surface area contributed by atoms with Gasteiger partial charge in [0.1, 0.15) is 6.04 Å². The molecule has 2 heterocycles. The number of amides is 3. The van der Waals surface area contributed by atoms with Gasteiger partial charge >= 0.3 is 18.0 Å². The summed E-state index contributed by atoms with van der Waals surface area (Å²) in [6, 6.07) is 15.4. The third kappa shape index (κ3) is 7.30. The number of aromatic amines is 1. The van der Waals surface area contributed by atoms with Crippen LogP contribution in [0.5, 0.6) is 0 Å². The number of aromatic nitrogens is 1. The van der Waals surface area contributed by atoms with Gasteiger partial charge in [-0.3, -0.25) is 10.1 Å². The Hall–Kier alpha value is -4.44. The number of hydrogen-bond donors (Lipinski definition) is 5. The Bertz CT molecular complexity index is 1320. The normalized spacial score (nSPS) is 16.6. The second kappa shape index (κ2) is 12.7. The van der Waals surface area contributed by atoms with Gasteiger partial charge in [-0.15, -0.1) is 0 Å². The van der Waals surface area contributed by atoms with E-state index in [4.69, 9.17) is 10.2 Å². The average molecular weight is 521 g/mol. The SMILES string of the molecule is CC(c1ccccc1)C(c1ccc2[nH]cc(CCN(C)C)c2c1)C1NC(=O)NC1=O.O=C(O)/C=C\C(=O)O. The fourth-order valence-electron chi connectivity index (χ4n) is 4.52. The van der Waals surface area contributed by atoms with Crippen molar-refractivity contribution in [2.75, 3.05) is 20.6 Å². The molecule has 0 aliphatic carbocycles. The summed E-state index contributed by atoms with van der Waals surface area (Å²) in [5.74, 6) is -2.92. The molecule has 1 aliphatic rings. The third-order valence-electron chi connectivity index (χ3n) is 6.40. The molecule has 1 aromatic heterocycles. The highest BCUT2D eigenvalue weighted by molar-refractivity contribution is 6.04. The molecule has 0 saturated carbocycles. The Morgan fingerprint density at radius 2 is 1.66 bits per heavy atom. The molecule has 0 spiro atoms. The van der Waals surface area contributed by atoms with Crippen molar-refractivity contribution in [2.45, 2.75) is 31.2 Å². The van der Waals surface area contributed by atoms with Crippen LogP contribution >= 0.6 is 0 Å². The summed E-state index contributed by atoms with van der Waals surface area (Å²) in [6.07, 6.45) is 4.12. The molecule has 1 aliphatic heterocycles. The van der Waals surface area contributed by atoms with Crippen LogP contribution in [-0.4, -0.2) is 70.7 Å². The number of carbonyl (C=O) groups excluding carboxylic acids is 2. The second-order valence-electron chi connectivity index (χ2n) is 9.35. The number of fused-ring (bicyclic) bond motifs is 1. The maximum atomic E-state index is 12.6. The van der Waals surface area contributed by atoms with Gasteiger partial charge in [-0.1, -0.05) is 43.3 Å². The summed E-state index contributed by atoms with van der Waals surface area (Å²) in [4.78, 5) is 49.1. The van der Waals surface area contributed by atoms with Crippen molar-refractivity contribution < 1.29 is 29.4 Å². The molecule has 0 bridgehead atoms. The Kier molecular flexibility index (Phi) is 9.39. The number of likely N-dealkylation sites (N-methyl/N-ethyl adjacent to an activating group) is 1. The summed E-state index contributed by atoms with van der Waals surface area (Å²) in [5, 5.41) is 22.0. The topological polar surface area (TPSA) is 152 Å². The van der Waals surface area contributed by atoms with Gasteiger partial charge in [-0.25, -0.2) is 14.4 Å². The molecule has 38 heavy (non-hydrogen) atoms. The van der Waals surface area contributed by atoms with Gasteiger partial charge in [0.25, 0.3) is 5.91 Å². The van der Waals surface area contributed by atoms with Crippen molar-refractivity contribution in [1.29, 1.82) is 0 Å². The largest absolute Gasteiger partial charge is 0.478 e. The van der Waals surface area contributed by atoms with Crippen LogP contribution in [0.2, 0.25) is 0 Å². The van der Waals surface area contributed by atoms with Gasteiger partial charge in [-0.2, -0.15) is 0 Å². The molecular weight excluding hydrogens is 488 g/mol. The predicted octanol–water partition coefficient (Wildman–Crippen LogP) is 3.08. The van der Waals surface area contributed by atoms with Crippen molar-refractivity contribution in [1.82, 2.24) is 20.5 Å². The van der Waals surface area contributed by atoms with Gasteiger partial charge in [0.05, 0.1) is 0 Å². The van der Waals surface area contributed by atoms with Crippen LogP contribution in [0.4, 0.5) is 4.79 Å². The van der Waals surface area contributed by atoms with Crippen LogP contribution < -0.4 is 10.6 Å². The van der Waals surface area contributed by atoms with Crippen molar-refractivity contribution in [3.05, 3.63) is 83.6 Å². The monoisotopic (exact) mass is 520 g/mol. The number of rotatable bonds is 9. The second-order valence-corrected chi connectivity index (χ2v) is 9.35. The van der Waals surface area contributed by atoms with E-state index in [1.165, 1.54) is 10.9 Å². The Labute approximate surface area is 220 Å². The molecule has 0 radical (unpaired) electrons. The molecule has 3 amide bonds. The number of H-pyrrole nitrogens is 1. The number of imide groups is 1. The zero-order chi connectivity index (χ0) is 27.8. The van der Waals surface area contributed by atoms with Crippen molar-refractivity contribution in [3.8, 4) is 0 Å². The van der Waals surface area contributed by atoms with Crippen LogP contribution in [0.25, 0.3) is 10.9 Å². The first-order chi connectivity index (χ1) is 18.1. The van der Waals surface area contributed by atoms with Gasteiger partial charge in [0.2, 0.25) is 0 Å². The van der Waals surface area contributed by atoms with Crippen LogP contribution in [0, 0.1) is 0 Å². The number of nitrogens with zero attached hydrogens (tertiary/aromatic N) is 1. The fraction of sp³-hybridized carbons (Fsp3) is 0.286. The molecule has 10 heteroatoms. The minimum Gasteiger partial charge on any atom is -0.478 e. The lowest BCUT2D eigenvalue weighted by molar-refractivity contribution is -0.134. The quantitative estimate of drug-likeness (QED) is 0.215. The third-order valence-corrected chi connectivity index (χ3v) is 6.40. The molecule has 5 N–H and O–H groups in total. The highest BCUT2D eigenvalue weighted by atomic mass is 16.4. The molecular formula is C28H32N4O6. The van der Waals surface area contributed by atoms with E-state index in [-0.39, 0.29) is 17.7 Å². The summed E-state index contributed by atoms with van der Waals surface area (Å²) in [5.41, 5.74) is 4.52. The van der Waals surface area contributed by atoms with Crippen LogP contribution in [0.15, 0.2) is 66.9 Å². The van der Waals surface area contributed by atoms with E-state index in [1.54, 1.807) is 0 Å². The van der Waals surface area contributed by atoms with Gasteiger partial charge in [0, 0.05) is 41.7 Å². The first kappa shape index (κ1) is 28.1. The highest BCUT2D eigenvalue weighted by Crippen LogP contribution is 2.38. The highest BCUT2D eigenvalue weighted by Gasteiger charge is 2.40. The van der Waals surface area contributed by atoms with Crippen LogP contribution in [0.1, 0.15) is 35.4 Å². The summed E-state index contributed by atoms with van der Waals surface area (Å²) in [6.45, 7) is 3.08. The Morgan fingerprint density at radius 1 is 1.00 bits per heavy atom. The van der Waals surface area contributed by atoms with E-state index in [1.807, 2.05) is 18.2 Å². The van der Waals surface area contributed by atoms with Gasteiger partial charge in [-0.05, 0) is 55.3 Å². The molecule has 3 unspecified atom stereocenters. The van der Waals surface area contributed by atoms with E-state index in [2.05, 4.69) is 78.1 Å². The average Bonchev–Trinajstić information content (AvgIpc) is 3.44. The maximum absolute atomic E-state index is 12.6. The number of carboxylic acids is 2. The number of aliphatic carboxylic acids is 2. The summed E-state index contributed by atoms with van der Waals surface area (Å²) >= 11 is 0. The zero-order valence-electron chi connectivity index (χ0n) is 21.5. The molecule has 1 saturated heterocycles. The maximum Gasteiger partial charge on any atom is 0.328 e. The first-order valence-electron chi connectivity index (χ1n) is 12.1. The Morgan fingerprint density at radius 3 is 2.21 bits per heavy atom. The number of benzene rings is 2. The summed E-state index contributed by atoms with van der Waals surface area (Å²) < 4.78 is 0. The number of nitrogens with one attached hydrogen (secondary N) is 3. The number of hydrogen-bond acceptors (Lipinski definition) is 5. The predicted molar refractivity (Wildman–Crippen MR) is 143 cm³/mol. The van der Waals surface area contributed by atoms with Crippen molar-refractivity contribution in [2.24, 2.45) is 0 Å². The fourth-order valence-corrected chi connectivity index (χ4v) is 4.52. The molecule has 10 nitrogen and oxygen atoms in total. The Balaban J connectivity index is 0.000000436. The van der Waals surface area contributed by atoms with E-state index in [0.29, 0.717) is 12.2 Å². The van der Waals surface area contributed by atoms with E-state index in [0.717, 1.165) is 29.6 Å². The van der Waals surface area contributed by atoms with Crippen LogP contribution in [0.3, 0.4) is 0 Å². The molecule has 2 aromatic carbocycles. The van der Waals surface area contributed by atoms with E-state index < -0.39 is 24.0 Å². The molecule has 4 rings (SSSR count). The minimum atomic E-state index is -1.26. The standard InChI is InChI=1S/C24H28N4O2.C4H4O4/c1-15(16-7-5-4-6-8-16)21(22-23(29)27-24(30)26-22)17-9-10-20-19(13-17)18(14-25-20)11-12-28(2)3;5-3(6)1-2-4(7)8/h4-10,13-15,21-22,25H,11-12H2,1-3H3,(H2,26,27,29,30);1-2H,(H,5,6)(H,7,8)/b;2-1-. The minimum absolute atomic E-state index is 0.0435. The smallest absolute Gasteiger partial charge is 0.328 e. The van der Waals surface area contributed by atoms with Crippen LogP contribution in [-0.2, 0) is 20.8 Å². The van der Waals surface area contributed by atoms with Crippen molar-refractivity contribution in [3.63, 3.8) is 0 Å². The van der Waals surface area contributed by atoms with Gasteiger partial charge in [0.15, 0.2) is 0 Å². The summed E-state index contributed by atoms with van der Waals surface area (Å²) in [7, 11) is 4.14. The zero-order valence-corrected chi connectivity index (χ0v) is 21.5. The van der Waals surface area contributed by atoms with Gasteiger partial charge < -0.3 is 25.4 Å². The lowest BCUT2D eigenvalue weighted by atomic mass is 9.77. The van der Waals surface area contributed by atoms with E-state index in [9.17, 15) is 19.2 Å². The van der Waals surface area contributed by atoms with E-state index >= 15 is 0 Å².